The first-order valence-electron chi connectivity index (χ1n) is 12.5. The number of hydrogen-bond donors (Lipinski definition) is 4. The summed E-state index contributed by atoms with van der Waals surface area (Å²) in [6.07, 6.45) is -3.97. The van der Waals surface area contributed by atoms with Crippen LogP contribution in [0.1, 0.15) is 33.9 Å². The lowest BCUT2D eigenvalue weighted by atomic mass is 9.97. The number of hydrogen-bond acceptors (Lipinski definition) is 9. The quantitative estimate of drug-likeness (QED) is 0.204. The van der Waals surface area contributed by atoms with Gasteiger partial charge in [0.25, 0.3) is 11.4 Å². The predicted octanol–water partition coefficient (Wildman–Crippen LogP) is 3.73. The SMILES string of the molecule is CC(C)OC(=O)[C@H](C)N[P+](=O)OC[C@@]1(F)O[C@@H](n2cc(Br)c(=O)[nH]c2=O)[C@](C)(F)[C@@H]1O.Oc1cccc2ccccc12. The Bertz CT molecular complexity index is 1560. The number of nitrogens with one attached hydrogen (secondary N) is 2. The van der Waals surface area contributed by atoms with Crippen LogP contribution in [0, 0.1) is 0 Å². The molecular weight excluding hydrogens is 647 g/mol. The van der Waals surface area contributed by atoms with Crippen LogP contribution in [0.25, 0.3) is 10.8 Å². The highest BCUT2D eigenvalue weighted by molar-refractivity contribution is 9.10. The van der Waals surface area contributed by atoms with Crippen molar-refractivity contribution in [3.05, 3.63) is 74.0 Å². The number of benzene rings is 2. The summed E-state index contributed by atoms with van der Waals surface area (Å²) in [6.45, 7) is 4.16. The molecule has 1 fully saturated rings. The van der Waals surface area contributed by atoms with Gasteiger partial charge in [0, 0.05) is 11.6 Å². The number of aromatic nitrogens is 2. The van der Waals surface area contributed by atoms with E-state index >= 15 is 8.78 Å². The molecule has 4 rings (SSSR count). The fourth-order valence-corrected chi connectivity index (χ4v) is 5.04. The van der Waals surface area contributed by atoms with Gasteiger partial charge in [0.2, 0.25) is 0 Å². The van der Waals surface area contributed by atoms with E-state index in [1.165, 1.54) is 6.92 Å². The van der Waals surface area contributed by atoms with E-state index in [1.54, 1.807) is 19.9 Å². The Morgan fingerprint density at radius 1 is 1.21 bits per heavy atom. The smallest absolute Gasteiger partial charge is 0.507 e. The minimum atomic E-state index is -3.20. The van der Waals surface area contributed by atoms with Crippen LogP contribution in [0.3, 0.4) is 0 Å². The number of aromatic hydroxyl groups is 1. The zero-order valence-corrected chi connectivity index (χ0v) is 25.4. The molecule has 12 nitrogen and oxygen atoms in total. The maximum atomic E-state index is 15.2. The highest BCUT2D eigenvalue weighted by atomic mass is 79.9. The molecule has 1 aromatic heterocycles. The Hall–Kier alpha value is -3.07. The molecule has 1 saturated heterocycles. The number of aliphatic hydroxyl groups is 1. The van der Waals surface area contributed by atoms with Crippen LogP contribution in [0.2, 0.25) is 0 Å². The Morgan fingerprint density at radius 3 is 2.50 bits per heavy atom. The topological polar surface area (TPSA) is 169 Å². The monoisotopic (exact) mass is 676 g/mol. The predicted molar refractivity (Wildman–Crippen MR) is 152 cm³/mol. The zero-order valence-electron chi connectivity index (χ0n) is 22.9. The van der Waals surface area contributed by atoms with Gasteiger partial charge in [0.05, 0.1) is 10.6 Å². The normalized spacial score (nSPS) is 24.6. The summed E-state index contributed by atoms with van der Waals surface area (Å²) in [5.41, 5.74) is -4.75. The van der Waals surface area contributed by atoms with E-state index in [4.69, 9.17) is 14.0 Å². The number of H-pyrrole nitrogens is 1. The summed E-state index contributed by atoms with van der Waals surface area (Å²) in [7, 11) is -2.84. The number of phenolic OH excluding ortho intramolecular Hbond substituents is 1. The molecule has 1 unspecified atom stereocenters. The molecule has 0 bridgehead atoms. The van der Waals surface area contributed by atoms with E-state index in [-0.39, 0.29) is 4.47 Å². The zero-order chi connectivity index (χ0) is 31.4. The van der Waals surface area contributed by atoms with Crippen molar-refractivity contribution in [1.82, 2.24) is 14.6 Å². The Morgan fingerprint density at radius 2 is 1.86 bits per heavy atom. The maximum absolute atomic E-state index is 15.2. The number of rotatable bonds is 8. The van der Waals surface area contributed by atoms with Gasteiger partial charge >= 0.3 is 19.8 Å². The third kappa shape index (κ3) is 7.65. The minimum absolute atomic E-state index is 0.164. The Balaban J connectivity index is 0.000000363. The number of carbonyl (C=O) groups excluding carboxylic acids is 1. The van der Waals surface area contributed by atoms with Crippen molar-refractivity contribution in [2.75, 3.05) is 6.61 Å². The molecule has 0 spiro atoms. The van der Waals surface area contributed by atoms with Crippen molar-refractivity contribution in [3.8, 4) is 5.75 Å². The first kappa shape index (κ1) is 33.4. The number of esters is 1. The third-order valence-electron chi connectivity index (χ3n) is 6.06. The average molecular weight is 677 g/mol. The fourth-order valence-electron chi connectivity index (χ4n) is 3.94. The summed E-state index contributed by atoms with van der Waals surface area (Å²) in [5.74, 6) is -3.58. The second-order valence-corrected chi connectivity index (χ2v) is 11.7. The van der Waals surface area contributed by atoms with Crippen LogP contribution in [0.15, 0.2) is 62.7 Å². The van der Waals surface area contributed by atoms with Crippen molar-refractivity contribution >= 4 is 40.9 Å². The van der Waals surface area contributed by atoms with Gasteiger partial charge in [-0.05, 0) is 59.6 Å². The Kier molecular flexibility index (Phi) is 10.7. The molecule has 2 aromatic carbocycles. The third-order valence-corrected chi connectivity index (χ3v) is 7.59. The van der Waals surface area contributed by atoms with Gasteiger partial charge in [-0.2, -0.15) is 0 Å². The molecule has 0 radical (unpaired) electrons. The summed E-state index contributed by atoms with van der Waals surface area (Å²) in [5, 5.41) is 23.8. The van der Waals surface area contributed by atoms with E-state index in [2.05, 4.69) is 21.0 Å². The second kappa shape index (κ2) is 13.5. The molecule has 228 valence electrons. The number of aliphatic hydroxyl groups excluding tert-OH is 1. The lowest BCUT2D eigenvalue weighted by Gasteiger charge is -2.24. The maximum Gasteiger partial charge on any atom is 0.614 e. The van der Waals surface area contributed by atoms with Gasteiger partial charge in [-0.1, -0.05) is 41.5 Å². The second-order valence-electron chi connectivity index (χ2n) is 9.82. The number of fused-ring (bicyclic) bond motifs is 1. The van der Waals surface area contributed by atoms with E-state index in [9.17, 15) is 29.2 Å². The number of phenols is 1. The van der Waals surface area contributed by atoms with E-state index in [0.29, 0.717) is 10.3 Å². The highest BCUT2D eigenvalue weighted by Gasteiger charge is 2.65. The molecule has 6 atom stereocenters. The molecule has 4 N–H and O–H groups in total. The van der Waals surface area contributed by atoms with E-state index in [0.717, 1.165) is 23.9 Å². The first-order chi connectivity index (χ1) is 19.6. The van der Waals surface area contributed by atoms with Crippen LogP contribution in [0.4, 0.5) is 8.78 Å². The van der Waals surface area contributed by atoms with Gasteiger partial charge in [0.15, 0.2) is 24.6 Å². The van der Waals surface area contributed by atoms with Crippen molar-refractivity contribution in [1.29, 1.82) is 0 Å². The summed E-state index contributed by atoms with van der Waals surface area (Å²) < 4.78 is 57.4. The van der Waals surface area contributed by atoms with Gasteiger partial charge in [-0.25, -0.2) is 13.6 Å². The Labute approximate surface area is 247 Å². The molecule has 16 heteroatoms. The van der Waals surface area contributed by atoms with Crippen LogP contribution < -0.4 is 16.3 Å². The molecule has 0 amide bonds. The lowest BCUT2D eigenvalue weighted by molar-refractivity contribution is -0.202. The van der Waals surface area contributed by atoms with Gasteiger partial charge in [-0.3, -0.25) is 19.1 Å². The first-order valence-corrected chi connectivity index (χ1v) is 14.5. The van der Waals surface area contributed by atoms with Crippen LogP contribution in [-0.4, -0.2) is 62.1 Å². The molecule has 2 heterocycles. The number of halogens is 3. The van der Waals surface area contributed by atoms with Crippen molar-refractivity contribution in [3.63, 3.8) is 0 Å². The largest absolute Gasteiger partial charge is 0.614 e. The lowest BCUT2D eigenvalue weighted by Crippen LogP contribution is -2.47. The van der Waals surface area contributed by atoms with E-state index < -0.39 is 68.0 Å². The standard InChI is InChI=1S/C16H21BrF2N3O8P.C10H8O/c1-7(2)29-11(24)8(3)21-31(27)28-6-16(19)12(25)15(4,18)13(30-16)22-5-9(17)10(23)20-14(22)26;11-10-7-3-5-8-4-1-2-6-9(8)10/h5,7-8,12-13,25H,6H2,1-4H3,(H-,20,21,23,26,27);1-7,11H/p+1/t8-,12-,13+,15+,16+;/m0./s1. The van der Waals surface area contributed by atoms with Crippen molar-refractivity contribution < 1.29 is 42.4 Å². The molecule has 0 aliphatic carbocycles. The number of nitrogens with zero attached hydrogens (tertiary/aromatic N) is 1. The van der Waals surface area contributed by atoms with Crippen molar-refractivity contribution in [2.45, 2.75) is 63.7 Å². The highest BCUT2D eigenvalue weighted by Crippen LogP contribution is 2.48. The van der Waals surface area contributed by atoms with Gasteiger partial charge in [0.1, 0.15) is 11.8 Å². The molecule has 3 aromatic rings. The fraction of sp³-hybridized carbons (Fsp3) is 0.423. The summed E-state index contributed by atoms with van der Waals surface area (Å²) >= 11 is 2.86. The summed E-state index contributed by atoms with van der Waals surface area (Å²) in [4.78, 5) is 37.1. The number of alkyl halides is 2. The van der Waals surface area contributed by atoms with Crippen molar-refractivity contribution in [2.24, 2.45) is 0 Å². The number of ether oxygens (including phenoxy) is 2. The van der Waals surface area contributed by atoms with Crippen LogP contribution >= 0.6 is 24.1 Å². The van der Waals surface area contributed by atoms with E-state index in [1.807, 2.05) is 41.4 Å². The minimum Gasteiger partial charge on any atom is -0.507 e. The number of aromatic amines is 1. The van der Waals surface area contributed by atoms with Crippen LogP contribution in [-0.2, 0) is 23.4 Å². The van der Waals surface area contributed by atoms with Crippen LogP contribution in [0.5, 0.6) is 5.75 Å². The molecular formula is C26H30BrF2N3O9P+. The van der Waals surface area contributed by atoms with Gasteiger partial charge < -0.3 is 19.7 Å². The number of carbonyl (C=O) groups is 1. The molecule has 42 heavy (non-hydrogen) atoms. The average Bonchev–Trinajstić information content (AvgIpc) is 3.10. The molecule has 1 aliphatic rings. The molecule has 1 aliphatic heterocycles. The van der Waals surface area contributed by atoms with Gasteiger partial charge in [-0.15, -0.1) is 4.52 Å². The molecule has 0 saturated carbocycles. The summed E-state index contributed by atoms with van der Waals surface area (Å²) in [6, 6.07) is 12.2.